The molecule has 0 atom stereocenters. The van der Waals surface area contributed by atoms with Crippen molar-refractivity contribution in [1.29, 1.82) is 0 Å². The van der Waals surface area contributed by atoms with E-state index in [1.807, 2.05) is 38.1 Å². The molecule has 7 heteroatoms. The maximum atomic E-state index is 12.2. The number of benzene rings is 1. The SMILES string of the molecule is CCOC(=O)c1nc2c(C)cccn2c1N=Nc1ccc(C)c(Cl)c1. The number of aryl methyl sites for hydroxylation is 2. The van der Waals surface area contributed by atoms with Crippen molar-refractivity contribution in [3.63, 3.8) is 0 Å². The van der Waals surface area contributed by atoms with Crippen molar-refractivity contribution in [3.8, 4) is 0 Å². The lowest BCUT2D eigenvalue weighted by Gasteiger charge is -2.01. The van der Waals surface area contributed by atoms with Gasteiger partial charge < -0.3 is 4.74 Å². The molecule has 6 nitrogen and oxygen atoms in total. The number of hydrogen-bond acceptors (Lipinski definition) is 5. The van der Waals surface area contributed by atoms with Crippen molar-refractivity contribution in [2.45, 2.75) is 20.8 Å². The molecule has 0 aliphatic heterocycles. The molecule has 128 valence electrons. The summed E-state index contributed by atoms with van der Waals surface area (Å²) >= 11 is 6.12. The maximum absolute atomic E-state index is 12.2. The quantitative estimate of drug-likeness (QED) is 0.476. The van der Waals surface area contributed by atoms with Crippen molar-refractivity contribution >= 4 is 34.7 Å². The van der Waals surface area contributed by atoms with Crippen LogP contribution in [0.25, 0.3) is 5.65 Å². The summed E-state index contributed by atoms with van der Waals surface area (Å²) in [6.45, 7) is 5.83. The first-order valence-electron chi connectivity index (χ1n) is 7.84. The molecular weight excluding hydrogens is 340 g/mol. The Hall–Kier alpha value is -2.73. The van der Waals surface area contributed by atoms with Crippen molar-refractivity contribution in [2.24, 2.45) is 10.2 Å². The maximum Gasteiger partial charge on any atom is 0.360 e. The molecule has 0 aliphatic rings. The van der Waals surface area contributed by atoms with E-state index < -0.39 is 5.97 Å². The summed E-state index contributed by atoms with van der Waals surface area (Å²) < 4.78 is 6.81. The summed E-state index contributed by atoms with van der Waals surface area (Å²) in [7, 11) is 0. The van der Waals surface area contributed by atoms with Gasteiger partial charge in [0.25, 0.3) is 0 Å². The molecule has 3 aromatic rings. The number of azo groups is 1. The number of carbonyl (C=O) groups is 1. The van der Waals surface area contributed by atoms with E-state index in [9.17, 15) is 4.79 Å². The van der Waals surface area contributed by atoms with Gasteiger partial charge in [0, 0.05) is 11.2 Å². The normalized spacial score (nSPS) is 11.4. The van der Waals surface area contributed by atoms with E-state index >= 15 is 0 Å². The lowest BCUT2D eigenvalue weighted by atomic mass is 10.2. The van der Waals surface area contributed by atoms with Crippen LogP contribution in [-0.2, 0) is 4.74 Å². The predicted molar refractivity (Wildman–Crippen MR) is 96.3 cm³/mol. The minimum Gasteiger partial charge on any atom is -0.461 e. The number of rotatable bonds is 4. The van der Waals surface area contributed by atoms with E-state index in [4.69, 9.17) is 16.3 Å². The number of hydrogen-bond donors (Lipinski definition) is 0. The highest BCUT2D eigenvalue weighted by molar-refractivity contribution is 6.31. The van der Waals surface area contributed by atoms with Crippen LogP contribution in [0.1, 0.15) is 28.5 Å². The molecule has 0 amide bonds. The Bertz CT molecular complexity index is 979. The molecule has 0 fully saturated rings. The van der Waals surface area contributed by atoms with Gasteiger partial charge in [-0.1, -0.05) is 23.7 Å². The zero-order chi connectivity index (χ0) is 18.0. The molecule has 0 N–H and O–H groups in total. The first kappa shape index (κ1) is 17.1. The molecule has 1 aromatic carbocycles. The third kappa shape index (κ3) is 3.39. The minimum atomic E-state index is -0.526. The fraction of sp³-hybridized carbons (Fsp3) is 0.222. The van der Waals surface area contributed by atoms with Gasteiger partial charge in [-0.15, -0.1) is 10.2 Å². The minimum absolute atomic E-state index is 0.137. The number of halogens is 1. The van der Waals surface area contributed by atoms with E-state index in [2.05, 4.69) is 15.2 Å². The second-order valence-corrected chi connectivity index (χ2v) is 5.93. The number of fused-ring (bicyclic) bond motifs is 1. The average molecular weight is 357 g/mol. The van der Waals surface area contributed by atoms with E-state index in [1.165, 1.54) is 0 Å². The van der Waals surface area contributed by atoms with Crippen LogP contribution < -0.4 is 0 Å². The molecule has 0 spiro atoms. The Balaban J connectivity index is 2.11. The molecule has 0 unspecified atom stereocenters. The molecule has 25 heavy (non-hydrogen) atoms. The number of ether oxygens (including phenoxy) is 1. The number of pyridine rings is 1. The van der Waals surface area contributed by atoms with Gasteiger partial charge in [0.1, 0.15) is 5.65 Å². The first-order valence-corrected chi connectivity index (χ1v) is 8.21. The van der Waals surface area contributed by atoms with Crippen LogP contribution in [0, 0.1) is 13.8 Å². The van der Waals surface area contributed by atoms with Crippen LogP contribution in [0.3, 0.4) is 0 Å². The average Bonchev–Trinajstić information content (AvgIpc) is 2.96. The second-order valence-electron chi connectivity index (χ2n) is 5.52. The predicted octanol–water partition coefficient (Wildman–Crippen LogP) is 5.20. The summed E-state index contributed by atoms with van der Waals surface area (Å²) in [5, 5.41) is 9.06. The van der Waals surface area contributed by atoms with E-state index in [1.54, 1.807) is 23.6 Å². The molecule has 0 bridgehead atoms. The Kier molecular flexibility index (Phi) is 4.81. The van der Waals surface area contributed by atoms with E-state index in [-0.39, 0.29) is 12.3 Å². The molecule has 0 saturated heterocycles. The summed E-state index contributed by atoms with van der Waals surface area (Å²) in [6.07, 6.45) is 1.79. The zero-order valence-electron chi connectivity index (χ0n) is 14.2. The monoisotopic (exact) mass is 356 g/mol. The molecule has 2 heterocycles. The standard InChI is InChI=1S/C18H17ClN4O2/c1-4-25-18(24)15-17(23-9-5-6-12(3)16(23)20-15)22-21-13-8-7-11(2)14(19)10-13/h5-10H,4H2,1-3H3. The summed E-state index contributed by atoms with van der Waals surface area (Å²) in [5.74, 6) is -0.199. The Morgan fingerprint density at radius 1 is 1.24 bits per heavy atom. The van der Waals surface area contributed by atoms with Crippen molar-refractivity contribution < 1.29 is 9.53 Å². The smallest absolute Gasteiger partial charge is 0.360 e. The zero-order valence-corrected chi connectivity index (χ0v) is 14.9. The number of nitrogens with zero attached hydrogens (tertiary/aromatic N) is 4. The number of esters is 1. The van der Waals surface area contributed by atoms with Gasteiger partial charge in [0.15, 0.2) is 11.5 Å². The first-order chi connectivity index (χ1) is 12.0. The summed E-state index contributed by atoms with van der Waals surface area (Å²) in [5.41, 5.74) is 3.25. The van der Waals surface area contributed by atoms with Crippen LogP contribution in [0.5, 0.6) is 0 Å². The third-order valence-electron chi connectivity index (χ3n) is 3.70. The van der Waals surface area contributed by atoms with E-state index in [0.29, 0.717) is 22.2 Å². The highest BCUT2D eigenvalue weighted by Gasteiger charge is 2.21. The third-order valence-corrected chi connectivity index (χ3v) is 4.11. The van der Waals surface area contributed by atoms with Crippen molar-refractivity contribution in [1.82, 2.24) is 9.38 Å². The van der Waals surface area contributed by atoms with Crippen LogP contribution in [0.15, 0.2) is 46.8 Å². The summed E-state index contributed by atoms with van der Waals surface area (Å²) in [4.78, 5) is 16.6. The fourth-order valence-electron chi connectivity index (χ4n) is 2.37. The lowest BCUT2D eigenvalue weighted by Crippen LogP contribution is -2.05. The van der Waals surface area contributed by atoms with Crippen molar-refractivity contribution in [3.05, 3.63) is 58.4 Å². The van der Waals surface area contributed by atoms with Gasteiger partial charge in [-0.25, -0.2) is 9.78 Å². The Morgan fingerprint density at radius 3 is 2.76 bits per heavy atom. The second kappa shape index (κ2) is 7.03. The lowest BCUT2D eigenvalue weighted by molar-refractivity contribution is 0.0521. The molecule has 0 radical (unpaired) electrons. The molecule has 3 rings (SSSR count). The molecule has 2 aromatic heterocycles. The molecular formula is C18H17ClN4O2. The highest BCUT2D eigenvalue weighted by Crippen LogP contribution is 2.28. The van der Waals surface area contributed by atoms with Gasteiger partial charge >= 0.3 is 5.97 Å². The number of imidazole rings is 1. The topological polar surface area (TPSA) is 68.3 Å². The van der Waals surface area contributed by atoms with Crippen LogP contribution >= 0.6 is 11.6 Å². The van der Waals surface area contributed by atoms with Gasteiger partial charge in [-0.2, -0.15) is 0 Å². The molecule has 0 aliphatic carbocycles. The number of aromatic nitrogens is 2. The van der Waals surface area contributed by atoms with Gasteiger partial charge in [0.2, 0.25) is 0 Å². The van der Waals surface area contributed by atoms with Gasteiger partial charge in [0.05, 0.1) is 12.3 Å². The van der Waals surface area contributed by atoms with Crippen LogP contribution in [-0.4, -0.2) is 22.0 Å². The Morgan fingerprint density at radius 2 is 2.04 bits per heavy atom. The van der Waals surface area contributed by atoms with Crippen LogP contribution in [0.4, 0.5) is 11.5 Å². The Labute approximate surface area is 150 Å². The highest BCUT2D eigenvalue weighted by atomic mass is 35.5. The number of carbonyl (C=O) groups excluding carboxylic acids is 1. The van der Waals surface area contributed by atoms with E-state index in [0.717, 1.165) is 11.1 Å². The summed E-state index contributed by atoms with van der Waals surface area (Å²) in [6, 6.07) is 9.17. The van der Waals surface area contributed by atoms with Gasteiger partial charge in [-0.05, 0) is 50.1 Å². The fourth-order valence-corrected chi connectivity index (χ4v) is 2.55. The van der Waals surface area contributed by atoms with Crippen LogP contribution in [0.2, 0.25) is 5.02 Å². The van der Waals surface area contributed by atoms with Gasteiger partial charge in [-0.3, -0.25) is 4.40 Å². The van der Waals surface area contributed by atoms with Crippen molar-refractivity contribution in [2.75, 3.05) is 6.61 Å². The largest absolute Gasteiger partial charge is 0.461 e. The molecule has 0 saturated carbocycles.